The Kier molecular flexibility index (Phi) is 8.37. The van der Waals surface area contributed by atoms with Gasteiger partial charge in [0.15, 0.2) is 23.2 Å². The van der Waals surface area contributed by atoms with Gasteiger partial charge in [-0.05, 0) is 48.7 Å². The maximum atomic E-state index is 5.48. The summed E-state index contributed by atoms with van der Waals surface area (Å²) in [5.41, 5.74) is 2.52. The molecule has 4 rings (SSSR count). The average Bonchev–Trinajstić information content (AvgIpc) is 3.49. The van der Waals surface area contributed by atoms with Crippen molar-refractivity contribution >= 4 is 29.9 Å². The Bertz CT molecular complexity index is 1030. The molecule has 172 valence electrons. The Balaban J connectivity index is 0.00000289. The smallest absolute Gasteiger partial charge is 0.216 e. The minimum atomic E-state index is 0. The first-order valence-corrected chi connectivity index (χ1v) is 10.4. The van der Waals surface area contributed by atoms with Crippen LogP contribution in [0.1, 0.15) is 23.9 Å². The molecule has 9 nitrogen and oxygen atoms in total. The molecule has 3 heterocycles. The third-order valence-electron chi connectivity index (χ3n) is 5.24. The SMILES string of the molecule is CCNC(=NCCc1nc(-c2ccco2)n[nH]1)N1CCc2cc(OC)c(OC)cc2C1.I. The molecule has 2 N–H and O–H groups in total. The second-order valence-electron chi connectivity index (χ2n) is 7.22. The number of nitrogens with one attached hydrogen (secondary N) is 2. The van der Waals surface area contributed by atoms with Crippen LogP contribution in [-0.2, 0) is 19.4 Å². The van der Waals surface area contributed by atoms with Crippen molar-refractivity contribution in [2.24, 2.45) is 4.99 Å². The second-order valence-corrected chi connectivity index (χ2v) is 7.22. The zero-order valence-corrected chi connectivity index (χ0v) is 20.9. The first kappa shape index (κ1) is 23.9. The normalized spacial score (nSPS) is 13.3. The highest BCUT2D eigenvalue weighted by molar-refractivity contribution is 14.0. The van der Waals surface area contributed by atoms with E-state index in [-0.39, 0.29) is 24.0 Å². The highest BCUT2D eigenvalue weighted by Gasteiger charge is 2.21. The van der Waals surface area contributed by atoms with Crippen LogP contribution in [-0.4, -0.2) is 59.9 Å². The van der Waals surface area contributed by atoms with Crippen molar-refractivity contribution in [3.63, 3.8) is 0 Å². The Morgan fingerprint density at radius 3 is 2.72 bits per heavy atom. The van der Waals surface area contributed by atoms with Crippen LogP contribution < -0.4 is 14.8 Å². The van der Waals surface area contributed by atoms with Gasteiger partial charge in [0.05, 0.1) is 20.5 Å². The van der Waals surface area contributed by atoms with Gasteiger partial charge in [-0.3, -0.25) is 10.1 Å². The summed E-state index contributed by atoms with van der Waals surface area (Å²) in [6, 6.07) is 7.80. The number of fused-ring (bicyclic) bond motifs is 1. The molecular formula is C22H29IN6O3. The van der Waals surface area contributed by atoms with Gasteiger partial charge in [-0.15, -0.1) is 24.0 Å². The quantitative estimate of drug-likeness (QED) is 0.264. The maximum absolute atomic E-state index is 5.48. The number of halogens is 1. The van der Waals surface area contributed by atoms with Crippen molar-refractivity contribution in [2.75, 3.05) is 33.9 Å². The van der Waals surface area contributed by atoms with E-state index in [1.807, 2.05) is 12.1 Å². The number of guanidine groups is 1. The van der Waals surface area contributed by atoms with Gasteiger partial charge in [0.25, 0.3) is 0 Å². The topological polar surface area (TPSA) is 101 Å². The standard InChI is InChI=1S/C22H28N6O3.HI/c1-4-23-22(24-9-7-20-25-21(27-26-20)17-6-5-11-31-17)28-10-8-15-12-18(29-2)19(30-3)13-16(15)14-28;/h5-6,11-13H,4,7-10,14H2,1-3H3,(H,23,24)(H,25,26,27);1H. The lowest BCUT2D eigenvalue weighted by Gasteiger charge is -2.32. The summed E-state index contributed by atoms with van der Waals surface area (Å²) in [4.78, 5) is 11.6. The molecule has 3 aromatic rings. The number of H-pyrrole nitrogens is 1. The molecular weight excluding hydrogens is 523 g/mol. The van der Waals surface area contributed by atoms with Crippen LogP contribution in [0, 0.1) is 0 Å². The molecule has 10 heteroatoms. The second kappa shape index (κ2) is 11.2. The van der Waals surface area contributed by atoms with E-state index in [9.17, 15) is 0 Å². The molecule has 0 bridgehead atoms. The van der Waals surface area contributed by atoms with E-state index in [1.165, 1.54) is 11.1 Å². The summed E-state index contributed by atoms with van der Waals surface area (Å²) in [6.07, 6.45) is 3.20. The highest BCUT2D eigenvalue weighted by atomic mass is 127. The number of hydrogen-bond donors (Lipinski definition) is 2. The van der Waals surface area contributed by atoms with Gasteiger partial charge < -0.3 is 24.1 Å². The molecule has 0 fully saturated rings. The predicted octanol–water partition coefficient (Wildman–Crippen LogP) is 3.27. The van der Waals surface area contributed by atoms with Gasteiger partial charge in [-0.1, -0.05) is 0 Å². The molecule has 0 saturated carbocycles. The van der Waals surface area contributed by atoms with E-state index in [2.05, 4.69) is 44.5 Å². The van der Waals surface area contributed by atoms with Crippen LogP contribution in [0.4, 0.5) is 0 Å². The molecule has 0 atom stereocenters. The fourth-order valence-corrected chi connectivity index (χ4v) is 3.68. The van der Waals surface area contributed by atoms with Gasteiger partial charge in [-0.2, -0.15) is 5.10 Å². The highest BCUT2D eigenvalue weighted by Crippen LogP contribution is 2.33. The zero-order valence-electron chi connectivity index (χ0n) is 18.6. The number of furan rings is 1. The van der Waals surface area contributed by atoms with Gasteiger partial charge in [0, 0.05) is 32.6 Å². The molecule has 0 unspecified atom stereocenters. The largest absolute Gasteiger partial charge is 0.493 e. The van der Waals surface area contributed by atoms with Crippen molar-refractivity contribution in [2.45, 2.75) is 26.3 Å². The lowest BCUT2D eigenvalue weighted by molar-refractivity contribution is 0.346. The average molecular weight is 552 g/mol. The number of methoxy groups -OCH3 is 2. The van der Waals surface area contributed by atoms with E-state index in [4.69, 9.17) is 18.9 Å². The Labute approximate surface area is 204 Å². The van der Waals surface area contributed by atoms with Gasteiger partial charge in [0.1, 0.15) is 5.82 Å². The molecule has 0 radical (unpaired) electrons. The zero-order chi connectivity index (χ0) is 21.6. The van der Waals surface area contributed by atoms with Gasteiger partial charge in [0.2, 0.25) is 5.82 Å². The van der Waals surface area contributed by atoms with Gasteiger partial charge in [-0.25, -0.2) is 4.98 Å². The lowest BCUT2D eigenvalue weighted by atomic mass is 9.99. The van der Waals surface area contributed by atoms with Crippen molar-refractivity contribution in [3.05, 3.63) is 47.5 Å². The lowest BCUT2D eigenvalue weighted by Crippen LogP contribution is -2.44. The van der Waals surface area contributed by atoms with Crippen LogP contribution in [0.3, 0.4) is 0 Å². The number of ether oxygens (including phenoxy) is 2. The van der Waals surface area contributed by atoms with E-state index >= 15 is 0 Å². The van der Waals surface area contributed by atoms with Crippen LogP contribution in [0.25, 0.3) is 11.6 Å². The maximum Gasteiger partial charge on any atom is 0.216 e. The monoisotopic (exact) mass is 552 g/mol. The number of benzene rings is 1. The molecule has 1 aromatic carbocycles. The first-order valence-electron chi connectivity index (χ1n) is 10.4. The minimum Gasteiger partial charge on any atom is -0.493 e. The summed E-state index contributed by atoms with van der Waals surface area (Å²) in [7, 11) is 3.33. The number of nitrogens with zero attached hydrogens (tertiary/aromatic N) is 4. The first-order chi connectivity index (χ1) is 15.2. The number of rotatable bonds is 7. The van der Waals surface area contributed by atoms with E-state index < -0.39 is 0 Å². The Morgan fingerprint density at radius 2 is 2.03 bits per heavy atom. The summed E-state index contributed by atoms with van der Waals surface area (Å²) < 4.78 is 16.3. The third kappa shape index (κ3) is 5.34. The predicted molar refractivity (Wildman–Crippen MR) is 133 cm³/mol. The molecule has 0 amide bonds. The van der Waals surface area contributed by atoms with Crippen LogP contribution in [0.2, 0.25) is 0 Å². The van der Waals surface area contributed by atoms with Crippen molar-refractivity contribution in [1.82, 2.24) is 25.4 Å². The third-order valence-corrected chi connectivity index (χ3v) is 5.24. The number of hydrogen-bond acceptors (Lipinski definition) is 6. The molecule has 0 aliphatic carbocycles. The minimum absolute atomic E-state index is 0. The molecule has 0 spiro atoms. The molecule has 2 aromatic heterocycles. The van der Waals surface area contributed by atoms with E-state index in [1.54, 1.807) is 20.5 Å². The summed E-state index contributed by atoms with van der Waals surface area (Å²) in [5, 5.41) is 10.6. The fraction of sp³-hybridized carbons (Fsp3) is 0.409. The van der Waals surface area contributed by atoms with Crippen LogP contribution in [0.15, 0.2) is 39.9 Å². The van der Waals surface area contributed by atoms with E-state index in [0.717, 1.165) is 49.3 Å². The number of aromatic nitrogens is 3. The van der Waals surface area contributed by atoms with Crippen molar-refractivity contribution in [1.29, 1.82) is 0 Å². The van der Waals surface area contributed by atoms with Crippen LogP contribution in [0.5, 0.6) is 11.5 Å². The molecule has 1 aliphatic rings. The summed E-state index contributed by atoms with van der Waals surface area (Å²) >= 11 is 0. The van der Waals surface area contributed by atoms with Crippen molar-refractivity contribution in [3.8, 4) is 23.1 Å². The molecule has 0 saturated heterocycles. The van der Waals surface area contributed by atoms with Crippen molar-refractivity contribution < 1.29 is 13.9 Å². The summed E-state index contributed by atoms with van der Waals surface area (Å²) in [5.74, 6) is 4.42. The molecule has 1 aliphatic heterocycles. The molecule has 32 heavy (non-hydrogen) atoms. The Hall–Kier alpha value is -2.76. The Morgan fingerprint density at radius 1 is 1.25 bits per heavy atom. The van der Waals surface area contributed by atoms with Gasteiger partial charge >= 0.3 is 0 Å². The number of aromatic amines is 1. The number of aliphatic imine (C=N–C) groups is 1. The van der Waals surface area contributed by atoms with E-state index in [0.29, 0.717) is 24.6 Å². The fourth-order valence-electron chi connectivity index (χ4n) is 3.68. The van der Waals surface area contributed by atoms with Crippen LogP contribution >= 0.6 is 24.0 Å². The summed E-state index contributed by atoms with van der Waals surface area (Å²) in [6.45, 7) is 5.14.